The topological polar surface area (TPSA) is 45.7 Å². The lowest BCUT2D eigenvalue weighted by Crippen LogP contribution is -2.49. The lowest BCUT2D eigenvalue weighted by molar-refractivity contribution is -0.135. The number of hydrogen-bond donors (Lipinski definition) is 0. The Balaban J connectivity index is 1.27. The van der Waals surface area contributed by atoms with Crippen LogP contribution in [-0.4, -0.2) is 53.5 Å². The van der Waals surface area contributed by atoms with Gasteiger partial charge in [0.1, 0.15) is 5.75 Å². The van der Waals surface area contributed by atoms with Crippen molar-refractivity contribution in [3.8, 4) is 5.75 Å². The van der Waals surface area contributed by atoms with Gasteiger partial charge in [0.15, 0.2) is 6.61 Å². The predicted molar refractivity (Wildman–Crippen MR) is 117 cm³/mol. The number of benzene rings is 2. The second-order valence-electron chi connectivity index (χ2n) is 7.57. The van der Waals surface area contributed by atoms with Crippen LogP contribution in [0.3, 0.4) is 0 Å². The van der Waals surface area contributed by atoms with Crippen molar-refractivity contribution in [2.75, 3.05) is 32.8 Å². The standard InChI is InChI=1S/C25H27N3O2/c29-25(28-16-14-27(15-17-28)19-22-10-12-26-13-11-22)20-30-24-9-5-4-8-23(24)18-21-6-2-1-3-7-21/h1-13H,14-20H2. The van der Waals surface area contributed by atoms with Gasteiger partial charge < -0.3 is 9.64 Å². The number of hydrogen-bond acceptors (Lipinski definition) is 4. The molecular weight excluding hydrogens is 374 g/mol. The first kappa shape index (κ1) is 20.1. The number of ether oxygens (including phenoxy) is 1. The first-order chi connectivity index (χ1) is 14.8. The Morgan fingerprint density at radius 3 is 2.30 bits per heavy atom. The molecule has 0 radical (unpaired) electrons. The van der Waals surface area contributed by atoms with Crippen LogP contribution in [0.2, 0.25) is 0 Å². The molecule has 0 saturated carbocycles. The largest absolute Gasteiger partial charge is 0.483 e. The van der Waals surface area contributed by atoms with E-state index >= 15 is 0 Å². The van der Waals surface area contributed by atoms with E-state index in [9.17, 15) is 4.79 Å². The molecule has 0 aliphatic carbocycles. The summed E-state index contributed by atoms with van der Waals surface area (Å²) < 4.78 is 5.94. The van der Waals surface area contributed by atoms with Crippen molar-refractivity contribution in [3.05, 3.63) is 95.8 Å². The van der Waals surface area contributed by atoms with Crippen molar-refractivity contribution in [2.45, 2.75) is 13.0 Å². The molecule has 0 atom stereocenters. The Bertz CT molecular complexity index is 939. The fourth-order valence-electron chi connectivity index (χ4n) is 3.74. The van der Waals surface area contributed by atoms with E-state index in [1.54, 1.807) is 0 Å². The molecule has 2 aromatic carbocycles. The van der Waals surface area contributed by atoms with Crippen LogP contribution in [0.15, 0.2) is 79.1 Å². The van der Waals surface area contributed by atoms with Crippen molar-refractivity contribution in [2.24, 2.45) is 0 Å². The van der Waals surface area contributed by atoms with Gasteiger partial charge in [-0.25, -0.2) is 0 Å². The van der Waals surface area contributed by atoms with Crippen molar-refractivity contribution >= 4 is 5.91 Å². The summed E-state index contributed by atoms with van der Waals surface area (Å²) >= 11 is 0. The van der Waals surface area contributed by atoms with Gasteiger partial charge >= 0.3 is 0 Å². The first-order valence-corrected chi connectivity index (χ1v) is 10.4. The van der Waals surface area contributed by atoms with Gasteiger partial charge in [-0.15, -0.1) is 0 Å². The highest BCUT2D eigenvalue weighted by molar-refractivity contribution is 5.78. The molecule has 0 spiro atoms. The minimum Gasteiger partial charge on any atom is -0.483 e. The normalized spacial score (nSPS) is 14.5. The molecule has 0 bridgehead atoms. The molecule has 1 saturated heterocycles. The second kappa shape index (κ2) is 10.0. The molecule has 1 amide bonds. The molecule has 30 heavy (non-hydrogen) atoms. The minimum absolute atomic E-state index is 0.0491. The molecule has 1 fully saturated rings. The highest BCUT2D eigenvalue weighted by atomic mass is 16.5. The summed E-state index contributed by atoms with van der Waals surface area (Å²) in [6, 6.07) is 22.3. The quantitative estimate of drug-likeness (QED) is 0.609. The summed E-state index contributed by atoms with van der Waals surface area (Å²) in [5, 5.41) is 0. The summed E-state index contributed by atoms with van der Waals surface area (Å²) in [6.07, 6.45) is 4.43. The van der Waals surface area contributed by atoms with E-state index in [0.29, 0.717) is 0 Å². The molecular formula is C25H27N3O2. The third-order valence-corrected chi connectivity index (χ3v) is 5.44. The summed E-state index contributed by atoms with van der Waals surface area (Å²) in [5.74, 6) is 0.833. The van der Waals surface area contributed by atoms with E-state index in [2.05, 4.69) is 28.1 Å². The van der Waals surface area contributed by atoms with Crippen LogP contribution in [-0.2, 0) is 17.8 Å². The van der Waals surface area contributed by atoms with Gasteiger partial charge in [-0.1, -0.05) is 48.5 Å². The van der Waals surface area contributed by atoms with E-state index in [1.807, 2.05) is 65.8 Å². The molecule has 5 nitrogen and oxygen atoms in total. The Kier molecular flexibility index (Phi) is 6.72. The first-order valence-electron chi connectivity index (χ1n) is 10.4. The average Bonchev–Trinajstić information content (AvgIpc) is 2.80. The third kappa shape index (κ3) is 5.45. The summed E-state index contributed by atoms with van der Waals surface area (Å²) in [4.78, 5) is 21.0. The van der Waals surface area contributed by atoms with Crippen LogP contribution in [0.4, 0.5) is 0 Å². The zero-order valence-electron chi connectivity index (χ0n) is 17.1. The Morgan fingerprint density at radius 1 is 0.833 bits per heavy atom. The zero-order chi connectivity index (χ0) is 20.6. The number of para-hydroxylation sites is 1. The van der Waals surface area contributed by atoms with Crippen molar-refractivity contribution in [1.29, 1.82) is 0 Å². The van der Waals surface area contributed by atoms with Crippen LogP contribution in [0, 0.1) is 0 Å². The van der Waals surface area contributed by atoms with E-state index in [0.717, 1.165) is 50.5 Å². The number of carbonyl (C=O) groups excluding carboxylic acids is 1. The summed E-state index contributed by atoms with van der Waals surface area (Å²) in [7, 11) is 0. The van der Waals surface area contributed by atoms with Crippen LogP contribution in [0.5, 0.6) is 5.75 Å². The molecule has 5 heteroatoms. The van der Waals surface area contributed by atoms with Gasteiger partial charge in [0.2, 0.25) is 0 Å². The molecule has 0 unspecified atom stereocenters. The van der Waals surface area contributed by atoms with Gasteiger partial charge in [-0.3, -0.25) is 14.7 Å². The Labute approximate surface area is 177 Å². The van der Waals surface area contributed by atoms with Gasteiger partial charge in [-0.2, -0.15) is 0 Å². The van der Waals surface area contributed by atoms with Gasteiger partial charge in [0.25, 0.3) is 5.91 Å². The van der Waals surface area contributed by atoms with E-state index in [-0.39, 0.29) is 12.5 Å². The van der Waals surface area contributed by atoms with Crippen molar-refractivity contribution in [1.82, 2.24) is 14.8 Å². The number of pyridine rings is 1. The van der Waals surface area contributed by atoms with E-state index < -0.39 is 0 Å². The minimum atomic E-state index is 0.0491. The number of nitrogens with zero attached hydrogens (tertiary/aromatic N) is 3. The van der Waals surface area contributed by atoms with Crippen LogP contribution < -0.4 is 4.74 Å². The monoisotopic (exact) mass is 401 g/mol. The summed E-state index contributed by atoms with van der Waals surface area (Å²) in [5.41, 5.74) is 3.58. The highest BCUT2D eigenvalue weighted by Gasteiger charge is 2.21. The van der Waals surface area contributed by atoms with E-state index in [4.69, 9.17) is 4.74 Å². The average molecular weight is 402 g/mol. The SMILES string of the molecule is O=C(COc1ccccc1Cc1ccccc1)N1CCN(Cc2ccncc2)CC1. The number of amides is 1. The highest BCUT2D eigenvalue weighted by Crippen LogP contribution is 2.21. The van der Waals surface area contributed by atoms with Gasteiger partial charge in [-0.05, 0) is 34.9 Å². The fourth-order valence-corrected chi connectivity index (χ4v) is 3.74. The maximum absolute atomic E-state index is 12.7. The Morgan fingerprint density at radius 2 is 1.53 bits per heavy atom. The molecule has 4 rings (SSSR count). The molecule has 0 N–H and O–H groups in total. The van der Waals surface area contributed by atoms with Gasteiger partial charge in [0.05, 0.1) is 0 Å². The number of aromatic nitrogens is 1. The number of rotatable bonds is 7. The molecule has 1 aliphatic rings. The van der Waals surface area contributed by atoms with Crippen LogP contribution in [0.1, 0.15) is 16.7 Å². The zero-order valence-corrected chi connectivity index (χ0v) is 17.1. The second-order valence-corrected chi connectivity index (χ2v) is 7.57. The smallest absolute Gasteiger partial charge is 0.260 e. The fraction of sp³-hybridized carbons (Fsp3) is 0.280. The Hall–Kier alpha value is -3.18. The van der Waals surface area contributed by atoms with Crippen molar-refractivity contribution in [3.63, 3.8) is 0 Å². The molecule has 3 aromatic rings. The molecule has 1 aromatic heterocycles. The van der Waals surface area contributed by atoms with Crippen LogP contribution in [0.25, 0.3) is 0 Å². The molecule has 2 heterocycles. The lowest BCUT2D eigenvalue weighted by atomic mass is 10.0. The predicted octanol–water partition coefficient (Wildman–Crippen LogP) is 3.40. The maximum atomic E-state index is 12.7. The summed E-state index contributed by atoms with van der Waals surface area (Å²) in [6.45, 7) is 4.19. The number of carbonyl (C=O) groups is 1. The maximum Gasteiger partial charge on any atom is 0.260 e. The van der Waals surface area contributed by atoms with Crippen molar-refractivity contribution < 1.29 is 9.53 Å². The third-order valence-electron chi connectivity index (χ3n) is 5.44. The van der Waals surface area contributed by atoms with E-state index in [1.165, 1.54) is 11.1 Å². The molecule has 154 valence electrons. The number of piperazine rings is 1. The molecule has 1 aliphatic heterocycles. The van der Waals surface area contributed by atoms with Crippen LogP contribution >= 0.6 is 0 Å². The lowest BCUT2D eigenvalue weighted by Gasteiger charge is -2.34. The van der Waals surface area contributed by atoms with Gasteiger partial charge in [0, 0.05) is 51.5 Å².